The van der Waals surface area contributed by atoms with Crippen molar-refractivity contribution in [3.8, 4) is 0 Å². The Bertz CT molecular complexity index is 518. The lowest BCUT2D eigenvalue weighted by molar-refractivity contribution is 0.601. The molecule has 19 heavy (non-hydrogen) atoms. The first kappa shape index (κ1) is 15.5. The molecule has 1 aromatic heterocycles. The van der Waals surface area contributed by atoms with Gasteiger partial charge >= 0.3 is 0 Å². The van der Waals surface area contributed by atoms with Gasteiger partial charge in [0.25, 0.3) is 0 Å². The molecule has 1 aromatic rings. The minimum absolute atomic E-state index is 0.0745. The molecule has 0 spiro atoms. The average molecular weight is 287 g/mol. The van der Waals surface area contributed by atoms with Crippen LogP contribution in [0.4, 0.5) is 17.6 Å². The van der Waals surface area contributed by atoms with E-state index in [9.17, 15) is 8.42 Å². The Morgan fingerprint density at radius 2 is 2.11 bits per heavy atom. The Morgan fingerprint density at radius 3 is 2.68 bits per heavy atom. The van der Waals surface area contributed by atoms with Crippen molar-refractivity contribution in [2.24, 2.45) is 0 Å². The molecule has 1 rings (SSSR count). The lowest BCUT2D eigenvalue weighted by Gasteiger charge is -2.18. The molecular formula is C11H21N5O2S. The summed E-state index contributed by atoms with van der Waals surface area (Å²) in [6.45, 7) is 3.21. The van der Waals surface area contributed by atoms with Gasteiger partial charge in [-0.1, -0.05) is 6.92 Å². The van der Waals surface area contributed by atoms with Gasteiger partial charge in [0, 0.05) is 32.5 Å². The predicted octanol–water partition coefficient (Wildman–Crippen LogP) is 0.362. The van der Waals surface area contributed by atoms with Gasteiger partial charge in [-0.05, 0) is 6.42 Å². The summed E-state index contributed by atoms with van der Waals surface area (Å²) in [5.74, 6) is 1.50. The quantitative estimate of drug-likeness (QED) is 0.746. The Balaban J connectivity index is 2.78. The van der Waals surface area contributed by atoms with E-state index in [0.29, 0.717) is 18.2 Å². The minimum atomic E-state index is -2.99. The van der Waals surface area contributed by atoms with E-state index in [1.165, 1.54) is 6.26 Å². The Labute approximate surface area is 114 Å². The number of hydrogen-bond donors (Lipinski definition) is 2. The zero-order valence-corrected chi connectivity index (χ0v) is 12.4. The average Bonchev–Trinajstić information content (AvgIpc) is 2.31. The second kappa shape index (κ2) is 6.55. The fraction of sp³-hybridized carbons (Fsp3) is 0.636. The van der Waals surface area contributed by atoms with E-state index < -0.39 is 9.84 Å². The largest absolute Gasteiger partial charge is 0.370 e. The molecule has 0 saturated heterocycles. The summed E-state index contributed by atoms with van der Waals surface area (Å²) < 4.78 is 22.3. The second-order valence-corrected chi connectivity index (χ2v) is 6.71. The van der Waals surface area contributed by atoms with E-state index in [4.69, 9.17) is 5.73 Å². The summed E-state index contributed by atoms with van der Waals surface area (Å²) in [5, 5.41) is 3.13. The fourth-order valence-corrected chi connectivity index (χ4v) is 2.01. The first-order valence-electron chi connectivity index (χ1n) is 6.09. The van der Waals surface area contributed by atoms with Crippen molar-refractivity contribution in [2.75, 3.05) is 48.1 Å². The van der Waals surface area contributed by atoms with Crippen LogP contribution < -0.4 is 16.0 Å². The van der Waals surface area contributed by atoms with Crippen molar-refractivity contribution in [3.05, 3.63) is 6.07 Å². The van der Waals surface area contributed by atoms with Crippen LogP contribution in [0.3, 0.4) is 0 Å². The van der Waals surface area contributed by atoms with E-state index >= 15 is 0 Å². The molecule has 3 N–H and O–H groups in total. The maximum Gasteiger partial charge on any atom is 0.223 e. The summed E-state index contributed by atoms with van der Waals surface area (Å²) in [4.78, 5) is 9.92. The van der Waals surface area contributed by atoms with Crippen molar-refractivity contribution < 1.29 is 8.42 Å². The van der Waals surface area contributed by atoms with Gasteiger partial charge in [-0.15, -0.1) is 0 Å². The number of sulfone groups is 1. The van der Waals surface area contributed by atoms with Crippen LogP contribution in [0.25, 0.3) is 0 Å². The number of nitrogens with zero attached hydrogens (tertiary/aromatic N) is 3. The summed E-state index contributed by atoms with van der Waals surface area (Å²) in [6, 6.07) is 1.76. The summed E-state index contributed by atoms with van der Waals surface area (Å²) in [7, 11) is -1.22. The lowest BCUT2D eigenvalue weighted by atomic mass is 10.4. The number of rotatable bonds is 7. The number of nitrogens with one attached hydrogen (secondary N) is 1. The number of nitrogen functional groups attached to an aromatic ring is 1. The van der Waals surface area contributed by atoms with E-state index in [-0.39, 0.29) is 11.7 Å². The maximum atomic E-state index is 11.1. The van der Waals surface area contributed by atoms with E-state index in [2.05, 4.69) is 22.2 Å². The number of aromatic nitrogens is 2. The van der Waals surface area contributed by atoms with Crippen molar-refractivity contribution in [2.45, 2.75) is 13.3 Å². The van der Waals surface area contributed by atoms with Gasteiger partial charge in [0.05, 0.1) is 5.75 Å². The molecule has 0 atom stereocenters. The van der Waals surface area contributed by atoms with Crippen molar-refractivity contribution >= 4 is 27.4 Å². The van der Waals surface area contributed by atoms with Gasteiger partial charge in [0.15, 0.2) is 0 Å². The number of anilines is 3. The third kappa shape index (κ3) is 5.73. The first-order chi connectivity index (χ1) is 8.81. The van der Waals surface area contributed by atoms with Gasteiger partial charge in [0.1, 0.15) is 21.5 Å². The summed E-state index contributed by atoms with van der Waals surface area (Å²) in [6.07, 6.45) is 2.19. The summed E-state index contributed by atoms with van der Waals surface area (Å²) >= 11 is 0. The predicted molar refractivity (Wildman–Crippen MR) is 78.2 cm³/mol. The van der Waals surface area contributed by atoms with Crippen LogP contribution in [-0.2, 0) is 9.84 Å². The molecule has 0 amide bonds. The van der Waals surface area contributed by atoms with Gasteiger partial charge < -0.3 is 16.0 Å². The Kier molecular flexibility index (Phi) is 5.34. The molecule has 0 fully saturated rings. The van der Waals surface area contributed by atoms with Crippen LogP contribution in [0.1, 0.15) is 13.3 Å². The van der Waals surface area contributed by atoms with Crippen molar-refractivity contribution in [3.63, 3.8) is 0 Å². The lowest BCUT2D eigenvalue weighted by Crippen LogP contribution is -2.26. The highest BCUT2D eigenvalue weighted by molar-refractivity contribution is 7.90. The standard InChI is InChI=1S/C11H21N5O2S/c1-4-5-13-9-8-10(15-11(12)14-9)16(2)6-7-19(3,17)18/h8H,4-7H2,1-3H3,(H3,12,13,14,15). The molecule has 0 radical (unpaired) electrons. The molecular weight excluding hydrogens is 266 g/mol. The normalized spacial score (nSPS) is 11.3. The van der Waals surface area contributed by atoms with Crippen LogP contribution in [0.15, 0.2) is 6.07 Å². The SMILES string of the molecule is CCCNc1cc(N(C)CCS(C)(=O)=O)nc(N)n1. The fourth-order valence-electron chi connectivity index (χ4n) is 1.41. The second-order valence-electron chi connectivity index (χ2n) is 4.45. The third-order valence-electron chi connectivity index (χ3n) is 2.47. The van der Waals surface area contributed by atoms with Crippen molar-refractivity contribution in [1.82, 2.24) is 9.97 Å². The van der Waals surface area contributed by atoms with Crippen molar-refractivity contribution in [1.29, 1.82) is 0 Å². The highest BCUT2D eigenvalue weighted by Crippen LogP contribution is 2.15. The number of nitrogens with two attached hydrogens (primary N) is 1. The molecule has 0 aliphatic carbocycles. The van der Waals surface area contributed by atoms with Crippen LogP contribution in [0.2, 0.25) is 0 Å². The molecule has 0 bridgehead atoms. The molecule has 0 unspecified atom stereocenters. The molecule has 108 valence electrons. The zero-order valence-electron chi connectivity index (χ0n) is 11.5. The Hall–Kier alpha value is -1.57. The van der Waals surface area contributed by atoms with Crippen LogP contribution in [0.5, 0.6) is 0 Å². The maximum absolute atomic E-state index is 11.1. The molecule has 0 aliphatic rings. The highest BCUT2D eigenvalue weighted by atomic mass is 32.2. The van der Waals surface area contributed by atoms with Gasteiger partial charge in [0.2, 0.25) is 5.95 Å². The van der Waals surface area contributed by atoms with E-state index in [1.807, 2.05) is 0 Å². The monoisotopic (exact) mass is 287 g/mol. The van der Waals surface area contributed by atoms with Gasteiger partial charge in [-0.25, -0.2) is 8.42 Å². The van der Waals surface area contributed by atoms with E-state index in [1.54, 1.807) is 18.0 Å². The minimum Gasteiger partial charge on any atom is -0.370 e. The topological polar surface area (TPSA) is 101 Å². The molecule has 0 aliphatic heterocycles. The number of hydrogen-bond acceptors (Lipinski definition) is 7. The van der Waals surface area contributed by atoms with Crippen LogP contribution in [-0.4, -0.2) is 50.5 Å². The van der Waals surface area contributed by atoms with Crippen LogP contribution >= 0.6 is 0 Å². The van der Waals surface area contributed by atoms with E-state index in [0.717, 1.165) is 13.0 Å². The Morgan fingerprint density at radius 1 is 1.42 bits per heavy atom. The summed E-state index contributed by atoms with van der Waals surface area (Å²) in [5.41, 5.74) is 5.64. The molecule has 1 heterocycles. The van der Waals surface area contributed by atoms with Crippen LogP contribution in [0, 0.1) is 0 Å². The third-order valence-corrected chi connectivity index (χ3v) is 3.40. The first-order valence-corrected chi connectivity index (χ1v) is 8.15. The van der Waals surface area contributed by atoms with Gasteiger partial charge in [-0.3, -0.25) is 0 Å². The molecule has 7 nitrogen and oxygen atoms in total. The molecule has 0 aromatic carbocycles. The molecule has 0 saturated carbocycles. The molecule has 8 heteroatoms. The van der Waals surface area contributed by atoms with Gasteiger partial charge in [-0.2, -0.15) is 9.97 Å². The smallest absolute Gasteiger partial charge is 0.223 e. The zero-order chi connectivity index (χ0) is 14.5. The highest BCUT2D eigenvalue weighted by Gasteiger charge is 2.10.